The molecule has 0 bridgehead atoms. The largest absolute Gasteiger partial charge is 0.298 e. The van der Waals surface area contributed by atoms with E-state index in [1.54, 1.807) is 24.4 Å². The molecule has 1 heterocycles. The smallest absolute Gasteiger partial charge is 0.151 e. The molecule has 2 nitrogen and oxygen atoms in total. The topological polar surface area (TPSA) is 30.0 Å². The van der Waals surface area contributed by atoms with E-state index in [0.29, 0.717) is 15.6 Å². The van der Waals surface area contributed by atoms with Gasteiger partial charge in [0.2, 0.25) is 0 Å². The SMILES string of the molecule is O=Cc1ccc(Sc2ccc(Cl)cn2)cc1Cl. The van der Waals surface area contributed by atoms with Crippen molar-refractivity contribution in [1.82, 2.24) is 4.98 Å². The summed E-state index contributed by atoms with van der Waals surface area (Å²) in [6, 6.07) is 8.86. The van der Waals surface area contributed by atoms with Crippen LogP contribution in [-0.2, 0) is 0 Å². The number of carbonyl (C=O) groups is 1. The number of aromatic nitrogens is 1. The molecule has 0 aliphatic carbocycles. The van der Waals surface area contributed by atoms with E-state index in [1.165, 1.54) is 11.8 Å². The zero-order valence-corrected chi connectivity index (χ0v) is 10.9. The van der Waals surface area contributed by atoms with Crippen LogP contribution < -0.4 is 0 Å². The number of rotatable bonds is 3. The number of halogens is 2. The summed E-state index contributed by atoms with van der Waals surface area (Å²) in [4.78, 5) is 15.7. The van der Waals surface area contributed by atoms with Crippen molar-refractivity contribution in [2.24, 2.45) is 0 Å². The first-order valence-electron chi connectivity index (χ1n) is 4.73. The summed E-state index contributed by atoms with van der Waals surface area (Å²) in [5.74, 6) is 0. The monoisotopic (exact) mass is 283 g/mol. The van der Waals surface area contributed by atoms with Crippen LogP contribution in [0.2, 0.25) is 10.0 Å². The number of benzene rings is 1. The minimum absolute atomic E-state index is 0.443. The number of hydrogen-bond acceptors (Lipinski definition) is 3. The normalized spacial score (nSPS) is 10.2. The Hall–Kier alpha value is -1.03. The molecule has 5 heteroatoms. The van der Waals surface area contributed by atoms with Gasteiger partial charge < -0.3 is 0 Å². The van der Waals surface area contributed by atoms with Crippen molar-refractivity contribution in [3.8, 4) is 0 Å². The third kappa shape index (κ3) is 3.22. The summed E-state index contributed by atoms with van der Waals surface area (Å²) in [6.45, 7) is 0. The number of hydrogen-bond donors (Lipinski definition) is 0. The lowest BCUT2D eigenvalue weighted by atomic mass is 10.2. The van der Waals surface area contributed by atoms with E-state index >= 15 is 0 Å². The molecule has 0 saturated heterocycles. The minimum Gasteiger partial charge on any atom is -0.298 e. The van der Waals surface area contributed by atoms with Gasteiger partial charge in [-0.15, -0.1) is 0 Å². The Morgan fingerprint density at radius 1 is 1.18 bits per heavy atom. The second kappa shape index (κ2) is 5.54. The van der Waals surface area contributed by atoms with Crippen LogP contribution in [0.1, 0.15) is 10.4 Å². The highest BCUT2D eigenvalue weighted by atomic mass is 35.5. The Bertz CT molecular complexity index is 543. The predicted octanol–water partition coefficient (Wildman–Crippen LogP) is 4.35. The molecule has 2 rings (SSSR count). The maximum Gasteiger partial charge on any atom is 0.151 e. The summed E-state index contributed by atoms with van der Waals surface area (Å²) in [5.41, 5.74) is 0.486. The van der Waals surface area contributed by atoms with Gasteiger partial charge in [0.15, 0.2) is 6.29 Å². The van der Waals surface area contributed by atoms with Gasteiger partial charge in [-0.05, 0) is 30.3 Å². The van der Waals surface area contributed by atoms with Gasteiger partial charge in [-0.1, -0.05) is 35.0 Å². The Morgan fingerprint density at radius 3 is 2.59 bits per heavy atom. The second-order valence-corrected chi connectivity index (χ2v) is 5.16. The third-order valence-electron chi connectivity index (χ3n) is 2.02. The average molecular weight is 284 g/mol. The molecule has 0 aliphatic rings. The van der Waals surface area contributed by atoms with Gasteiger partial charge in [0.25, 0.3) is 0 Å². The molecule has 0 aliphatic heterocycles. The van der Waals surface area contributed by atoms with Gasteiger partial charge in [-0.3, -0.25) is 4.79 Å². The Morgan fingerprint density at radius 2 is 2.00 bits per heavy atom. The fraction of sp³-hybridized carbons (Fsp3) is 0. The lowest BCUT2D eigenvalue weighted by Crippen LogP contribution is -1.83. The zero-order chi connectivity index (χ0) is 12.3. The van der Waals surface area contributed by atoms with Crippen LogP contribution >= 0.6 is 35.0 Å². The maximum atomic E-state index is 10.6. The van der Waals surface area contributed by atoms with E-state index in [2.05, 4.69) is 4.98 Å². The highest BCUT2D eigenvalue weighted by molar-refractivity contribution is 7.99. The molecule has 17 heavy (non-hydrogen) atoms. The van der Waals surface area contributed by atoms with E-state index in [1.807, 2.05) is 12.1 Å². The van der Waals surface area contributed by atoms with Crippen LogP contribution in [0.3, 0.4) is 0 Å². The van der Waals surface area contributed by atoms with E-state index < -0.39 is 0 Å². The third-order valence-corrected chi connectivity index (χ3v) is 3.51. The standard InChI is InChI=1S/C12H7Cl2NOS/c13-9-2-4-12(15-6-9)17-10-3-1-8(7-16)11(14)5-10/h1-7H. The molecule has 0 N–H and O–H groups in total. The van der Waals surface area contributed by atoms with Crippen LogP contribution in [-0.4, -0.2) is 11.3 Å². The molecule has 0 radical (unpaired) electrons. The molecule has 86 valence electrons. The van der Waals surface area contributed by atoms with Crippen LogP contribution in [0.25, 0.3) is 0 Å². The van der Waals surface area contributed by atoms with Crippen molar-refractivity contribution >= 4 is 41.2 Å². The van der Waals surface area contributed by atoms with Crippen molar-refractivity contribution in [2.75, 3.05) is 0 Å². The van der Waals surface area contributed by atoms with E-state index in [0.717, 1.165) is 16.2 Å². The second-order valence-electron chi connectivity index (χ2n) is 3.22. The summed E-state index contributed by atoms with van der Waals surface area (Å²) >= 11 is 13.1. The highest BCUT2D eigenvalue weighted by Gasteiger charge is 2.03. The van der Waals surface area contributed by atoms with Gasteiger partial charge in [-0.2, -0.15) is 0 Å². The average Bonchev–Trinajstić information content (AvgIpc) is 2.32. The summed E-state index contributed by atoms with van der Waals surface area (Å²) in [5, 5.41) is 1.87. The molecule has 0 unspecified atom stereocenters. The van der Waals surface area contributed by atoms with Crippen LogP contribution in [0, 0.1) is 0 Å². The lowest BCUT2D eigenvalue weighted by molar-refractivity contribution is 0.112. The van der Waals surface area contributed by atoms with Crippen molar-refractivity contribution in [1.29, 1.82) is 0 Å². The van der Waals surface area contributed by atoms with Gasteiger partial charge in [0, 0.05) is 16.7 Å². The number of nitrogens with zero attached hydrogens (tertiary/aromatic N) is 1. The van der Waals surface area contributed by atoms with Crippen molar-refractivity contribution < 1.29 is 4.79 Å². The van der Waals surface area contributed by atoms with Gasteiger partial charge in [0.1, 0.15) is 5.03 Å². The first-order chi connectivity index (χ1) is 8.19. The summed E-state index contributed by atoms with van der Waals surface area (Å²) in [6.07, 6.45) is 2.32. The summed E-state index contributed by atoms with van der Waals surface area (Å²) in [7, 11) is 0. The van der Waals surface area contributed by atoms with Crippen molar-refractivity contribution in [3.05, 3.63) is 52.1 Å². The maximum absolute atomic E-state index is 10.6. The lowest BCUT2D eigenvalue weighted by Gasteiger charge is -2.02. The fourth-order valence-electron chi connectivity index (χ4n) is 1.21. The van der Waals surface area contributed by atoms with Gasteiger partial charge in [0.05, 0.1) is 10.0 Å². The van der Waals surface area contributed by atoms with Crippen LogP contribution in [0.5, 0.6) is 0 Å². The van der Waals surface area contributed by atoms with Crippen LogP contribution in [0.4, 0.5) is 0 Å². The minimum atomic E-state index is 0.443. The van der Waals surface area contributed by atoms with E-state index in [-0.39, 0.29) is 0 Å². The van der Waals surface area contributed by atoms with Crippen molar-refractivity contribution in [3.63, 3.8) is 0 Å². The quantitative estimate of drug-likeness (QED) is 0.785. The first kappa shape index (κ1) is 12.4. The number of pyridine rings is 1. The van der Waals surface area contributed by atoms with Gasteiger partial charge in [-0.25, -0.2) is 4.98 Å². The fourth-order valence-corrected chi connectivity index (χ4v) is 2.41. The Labute approximate surface area is 113 Å². The molecule has 1 aromatic heterocycles. The predicted molar refractivity (Wildman–Crippen MR) is 70.2 cm³/mol. The Kier molecular flexibility index (Phi) is 4.05. The number of carbonyl (C=O) groups excluding carboxylic acids is 1. The molecule has 2 aromatic rings. The molecule has 0 fully saturated rings. The van der Waals surface area contributed by atoms with Crippen molar-refractivity contribution in [2.45, 2.75) is 9.92 Å². The number of aldehydes is 1. The molecular formula is C12H7Cl2NOS. The molecule has 0 spiro atoms. The highest BCUT2D eigenvalue weighted by Crippen LogP contribution is 2.29. The molecule has 0 saturated carbocycles. The Balaban J connectivity index is 2.21. The van der Waals surface area contributed by atoms with E-state index in [4.69, 9.17) is 23.2 Å². The first-order valence-corrected chi connectivity index (χ1v) is 6.30. The summed E-state index contributed by atoms with van der Waals surface area (Å²) < 4.78 is 0. The molecule has 0 atom stereocenters. The van der Waals surface area contributed by atoms with E-state index in [9.17, 15) is 4.79 Å². The van der Waals surface area contributed by atoms with Crippen LogP contribution in [0.15, 0.2) is 46.5 Å². The zero-order valence-electron chi connectivity index (χ0n) is 8.56. The molecular weight excluding hydrogens is 277 g/mol. The van der Waals surface area contributed by atoms with Gasteiger partial charge >= 0.3 is 0 Å². The molecule has 1 aromatic carbocycles. The molecule has 0 amide bonds.